The molecular weight excluding hydrogens is 584 g/mol. The zero-order chi connectivity index (χ0) is 32.1. The summed E-state index contributed by atoms with van der Waals surface area (Å²) in [6, 6.07) is 7.39. The van der Waals surface area contributed by atoms with Crippen LogP contribution in [-0.4, -0.2) is 23.7 Å². The summed E-state index contributed by atoms with van der Waals surface area (Å²) in [5, 5.41) is 4.85. The van der Waals surface area contributed by atoms with E-state index in [2.05, 4.69) is 10.6 Å². The number of hydrogen-bond donors (Lipinski definition) is 2. The molecule has 0 fully saturated rings. The number of unbranched alkanes of at least 4 members (excludes halogenated alkanes) is 2. The summed E-state index contributed by atoms with van der Waals surface area (Å²) >= 11 is 0. The molecule has 2 aromatic carbocycles. The summed E-state index contributed by atoms with van der Waals surface area (Å²) in [4.78, 5) is 24.9. The molecule has 2 aromatic rings. The number of anilines is 2. The lowest BCUT2D eigenvalue weighted by molar-refractivity contribution is -0.137. The van der Waals surface area contributed by atoms with Crippen molar-refractivity contribution in [2.45, 2.75) is 83.7 Å². The van der Waals surface area contributed by atoms with Gasteiger partial charge in [-0.05, 0) is 61.1 Å². The molecule has 0 spiro atoms. The highest BCUT2D eigenvalue weighted by Gasteiger charge is 2.49. The van der Waals surface area contributed by atoms with Crippen LogP contribution in [0.15, 0.2) is 59.5 Å². The van der Waals surface area contributed by atoms with Gasteiger partial charge in [-0.15, -0.1) is 0 Å². The average molecular weight is 617 g/mol. The second kappa shape index (κ2) is 13.7. The van der Waals surface area contributed by atoms with Gasteiger partial charge in [0, 0.05) is 23.4 Å². The molecule has 1 aliphatic rings. The standard InChI is InChI=1S/C31H32F8N2O2/c1-4-6-8-17-10-11-18(14-23(17)41-24(42)9-7-5-2)20-13-12-19(15-21(20)31(37,38)39)40-25(43)16-22-26(32)27(33)28(34)29(35)30(22,3)36/h10-15,29H,4-9,16H2,1-3H3,(H,40,43)(H,41,42). The molecule has 0 aliphatic heterocycles. The Hall–Kier alpha value is -3.70. The Morgan fingerprint density at radius 3 is 2.21 bits per heavy atom. The predicted molar refractivity (Wildman–Crippen MR) is 149 cm³/mol. The Labute approximate surface area is 244 Å². The number of benzene rings is 2. The van der Waals surface area contributed by atoms with Gasteiger partial charge in [0.05, 0.1) is 12.0 Å². The number of hydrogen-bond acceptors (Lipinski definition) is 2. The molecule has 2 amide bonds. The lowest BCUT2D eigenvalue weighted by Crippen LogP contribution is -2.39. The van der Waals surface area contributed by atoms with E-state index in [1.165, 1.54) is 12.1 Å². The Morgan fingerprint density at radius 1 is 0.907 bits per heavy atom. The van der Waals surface area contributed by atoms with Crippen molar-refractivity contribution in [2.24, 2.45) is 0 Å². The van der Waals surface area contributed by atoms with Crippen molar-refractivity contribution in [3.63, 3.8) is 0 Å². The molecule has 2 atom stereocenters. The molecule has 2 unspecified atom stereocenters. The maximum atomic E-state index is 14.8. The van der Waals surface area contributed by atoms with Crippen LogP contribution in [-0.2, 0) is 22.2 Å². The van der Waals surface area contributed by atoms with Crippen molar-refractivity contribution in [1.82, 2.24) is 0 Å². The van der Waals surface area contributed by atoms with Crippen LogP contribution in [0.1, 0.15) is 70.4 Å². The molecule has 0 radical (unpaired) electrons. The first-order valence-corrected chi connectivity index (χ1v) is 13.8. The molecule has 0 saturated carbocycles. The van der Waals surface area contributed by atoms with Gasteiger partial charge in [-0.2, -0.15) is 13.2 Å². The monoisotopic (exact) mass is 616 g/mol. The van der Waals surface area contributed by atoms with Crippen LogP contribution in [0.25, 0.3) is 11.1 Å². The van der Waals surface area contributed by atoms with Gasteiger partial charge in [0.25, 0.3) is 0 Å². The van der Waals surface area contributed by atoms with E-state index in [1.54, 1.807) is 6.07 Å². The first-order valence-electron chi connectivity index (χ1n) is 13.8. The molecular formula is C31H32F8N2O2. The number of halogens is 8. The minimum absolute atomic E-state index is 0.136. The summed E-state index contributed by atoms with van der Waals surface area (Å²) in [5.41, 5.74) is -5.28. The van der Waals surface area contributed by atoms with Gasteiger partial charge in [-0.3, -0.25) is 9.59 Å². The second-order valence-electron chi connectivity index (χ2n) is 10.5. The van der Waals surface area contributed by atoms with Crippen LogP contribution < -0.4 is 10.6 Å². The van der Waals surface area contributed by atoms with E-state index in [-0.39, 0.29) is 23.5 Å². The van der Waals surface area contributed by atoms with Crippen molar-refractivity contribution in [1.29, 1.82) is 0 Å². The summed E-state index contributed by atoms with van der Waals surface area (Å²) in [6.07, 6.45) is -5.46. The third-order valence-electron chi connectivity index (χ3n) is 7.15. The summed E-state index contributed by atoms with van der Waals surface area (Å²) in [7, 11) is 0. The molecule has 43 heavy (non-hydrogen) atoms. The maximum absolute atomic E-state index is 14.8. The van der Waals surface area contributed by atoms with E-state index in [0.29, 0.717) is 31.5 Å². The van der Waals surface area contributed by atoms with E-state index in [9.17, 15) is 44.7 Å². The van der Waals surface area contributed by atoms with Gasteiger partial charge in [-0.25, -0.2) is 22.0 Å². The van der Waals surface area contributed by atoms with Gasteiger partial charge in [0.15, 0.2) is 29.3 Å². The second-order valence-corrected chi connectivity index (χ2v) is 10.5. The Kier molecular flexibility index (Phi) is 10.8. The van der Waals surface area contributed by atoms with Crippen molar-refractivity contribution in [3.8, 4) is 11.1 Å². The average Bonchev–Trinajstić information content (AvgIpc) is 2.95. The zero-order valence-corrected chi connectivity index (χ0v) is 23.8. The first-order chi connectivity index (χ1) is 20.1. The number of nitrogens with one attached hydrogen (secondary N) is 2. The van der Waals surface area contributed by atoms with E-state index in [4.69, 9.17) is 0 Å². The minimum atomic E-state index is -4.91. The highest BCUT2D eigenvalue weighted by molar-refractivity contribution is 5.94. The highest BCUT2D eigenvalue weighted by atomic mass is 19.4. The normalized spacial score (nSPS) is 19.1. The van der Waals surface area contributed by atoms with Crippen LogP contribution in [0.3, 0.4) is 0 Å². The zero-order valence-electron chi connectivity index (χ0n) is 23.8. The number of carbonyl (C=O) groups excluding carboxylic acids is 2. The molecule has 3 rings (SSSR count). The molecule has 0 saturated heterocycles. The molecule has 2 N–H and O–H groups in total. The van der Waals surface area contributed by atoms with Crippen molar-refractivity contribution >= 4 is 23.2 Å². The number of rotatable bonds is 11. The van der Waals surface area contributed by atoms with E-state index in [1.807, 2.05) is 13.8 Å². The highest BCUT2D eigenvalue weighted by Crippen LogP contribution is 2.45. The smallest absolute Gasteiger partial charge is 0.326 e. The van der Waals surface area contributed by atoms with E-state index < -0.39 is 64.6 Å². The number of alkyl halides is 5. The van der Waals surface area contributed by atoms with E-state index in [0.717, 1.165) is 37.0 Å². The Morgan fingerprint density at radius 2 is 1.58 bits per heavy atom. The fourth-order valence-corrected chi connectivity index (χ4v) is 4.67. The largest absolute Gasteiger partial charge is 0.417 e. The number of amides is 2. The van der Waals surface area contributed by atoms with Crippen LogP contribution in [0.5, 0.6) is 0 Å². The van der Waals surface area contributed by atoms with Gasteiger partial charge in [0.2, 0.25) is 11.8 Å². The molecule has 234 valence electrons. The van der Waals surface area contributed by atoms with Gasteiger partial charge in [0.1, 0.15) is 0 Å². The van der Waals surface area contributed by atoms with Crippen molar-refractivity contribution < 1.29 is 44.7 Å². The van der Waals surface area contributed by atoms with Gasteiger partial charge < -0.3 is 10.6 Å². The SMILES string of the molecule is CCCCC(=O)Nc1cc(-c2ccc(NC(=O)CC3=C(F)C(F)=C(F)C(F)C3(C)F)cc2C(F)(F)F)ccc1CCCC. The fourth-order valence-electron chi connectivity index (χ4n) is 4.67. The van der Waals surface area contributed by atoms with Crippen molar-refractivity contribution in [3.05, 3.63) is 70.6 Å². The van der Waals surface area contributed by atoms with Gasteiger partial charge in [-0.1, -0.05) is 44.9 Å². The molecule has 4 nitrogen and oxygen atoms in total. The first kappa shape index (κ1) is 33.8. The predicted octanol–water partition coefficient (Wildman–Crippen LogP) is 9.63. The third-order valence-corrected chi connectivity index (χ3v) is 7.15. The summed E-state index contributed by atoms with van der Waals surface area (Å²) < 4.78 is 113. The quantitative estimate of drug-likeness (QED) is 0.247. The molecule has 0 bridgehead atoms. The Balaban J connectivity index is 1.95. The minimum Gasteiger partial charge on any atom is -0.326 e. The number of aryl methyl sites for hydroxylation is 1. The van der Waals surface area contributed by atoms with Crippen LogP contribution >= 0.6 is 0 Å². The summed E-state index contributed by atoms with van der Waals surface area (Å²) in [5.74, 6) is -8.21. The Bertz CT molecular complexity index is 1430. The topological polar surface area (TPSA) is 58.2 Å². The lowest BCUT2D eigenvalue weighted by atomic mass is 9.84. The molecule has 12 heteroatoms. The third kappa shape index (κ3) is 7.83. The maximum Gasteiger partial charge on any atom is 0.417 e. The summed E-state index contributed by atoms with van der Waals surface area (Å²) in [6.45, 7) is 4.33. The van der Waals surface area contributed by atoms with E-state index >= 15 is 0 Å². The molecule has 0 aromatic heterocycles. The van der Waals surface area contributed by atoms with Crippen LogP contribution in [0.4, 0.5) is 46.5 Å². The van der Waals surface area contributed by atoms with Crippen molar-refractivity contribution in [2.75, 3.05) is 10.6 Å². The number of allylic oxidation sites excluding steroid dienone is 3. The van der Waals surface area contributed by atoms with Crippen LogP contribution in [0.2, 0.25) is 0 Å². The van der Waals surface area contributed by atoms with Gasteiger partial charge >= 0.3 is 6.18 Å². The number of carbonyl (C=O) groups is 2. The molecule has 0 heterocycles. The lowest BCUT2D eigenvalue weighted by Gasteiger charge is -2.30. The molecule has 1 aliphatic carbocycles. The van der Waals surface area contributed by atoms with Crippen LogP contribution in [0, 0.1) is 0 Å². The fraction of sp³-hybridized carbons (Fsp3) is 0.419.